The molecule has 2 aromatic carbocycles. The fourth-order valence-electron chi connectivity index (χ4n) is 2.00. The van der Waals surface area contributed by atoms with E-state index in [0.29, 0.717) is 16.5 Å². The quantitative estimate of drug-likeness (QED) is 0.672. The molecule has 0 aliphatic carbocycles. The number of benzene rings is 2. The Kier molecular flexibility index (Phi) is 2.83. The van der Waals surface area contributed by atoms with Crippen molar-refractivity contribution in [3.8, 4) is 11.1 Å². The molecule has 0 spiro atoms. The molecule has 0 aliphatic rings. The van der Waals surface area contributed by atoms with Gasteiger partial charge in [0.15, 0.2) is 0 Å². The molecule has 1 heterocycles. The van der Waals surface area contributed by atoms with E-state index in [1.165, 1.54) is 0 Å². The van der Waals surface area contributed by atoms with Gasteiger partial charge >= 0.3 is 7.12 Å². The molecule has 0 atom stereocenters. The Morgan fingerprint density at radius 1 is 0.944 bits per heavy atom. The van der Waals surface area contributed by atoms with Gasteiger partial charge in [-0.2, -0.15) is 8.75 Å². The van der Waals surface area contributed by atoms with Crippen molar-refractivity contribution in [2.24, 2.45) is 0 Å². The van der Waals surface area contributed by atoms with E-state index in [2.05, 4.69) is 8.75 Å². The van der Waals surface area contributed by atoms with Crippen LogP contribution in [0, 0.1) is 0 Å². The lowest BCUT2D eigenvalue weighted by Gasteiger charge is -2.09. The zero-order valence-corrected chi connectivity index (χ0v) is 10.1. The highest BCUT2D eigenvalue weighted by molar-refractivity contribution is 7.00. The van der Waals surface area contributed by atoms with E-state index in [1.807, 2.05) is 42.5 Å². The van der Waals surface area contributed by atoms with Crippen molar-refractivity contribution in [3.05, 3.63) is 42.5 Å². The van der Waals surface area contributed by atoms with Crippen molar-refractivity contribution in [1.82, 2.24) is 8.75 Å². The Bertz CT molecular complexity index is 685. The summed E-state index contributed by atoms with van der Waals surface area (Å²) in [6.07, 6.45) is 0. The molecule has 0 fully saturated rings. The van der Waals surface area contributed by atoms with Crippen LogP contribution in [0.3, 0.4) is 0 Å². The van der Waals surface area contributed by atoms with E-state index in [-0.39, 0.29) is 0 Å². The fraction of sp³-hybridized carbons (Fsp3) is 0. The minimum Gasteiger partial charge on any atom is -0.423 e. The topological polar surface area (TPSA) is 66.2 Å². The summed E-state index contributed by atoms with van der Waals surface area (Å²) in [6, 6.07) is 13.3. The lowest BCUT2D eigenvalue weighted by atomic mass is 9.74. The summed E-state index contributed by atoms with van der Waals surface area (Å²) in [5.41, 5.74) is 3.34. The normalized spacial score (nSPS) is 10.8. The molecule has 0 saturated heterocycles. The number of hydrogen-bond donors (Lipinski definition) is 2. The zero-order valence-electron chi connectivity index (χ0n) is 9.32. The number of aromatic nitrogens is 2. The first-order chi connectivity index (χ1) is 8.77. The lowest BCUT2D eigenvalue weighted by molar-refractivity contribution is 0.426. The molecule has 6 heteroatoms. The van der Waals surface area contributed by atoms with Gasteiger partial charge in [-0.05, 0) is 17.2 Å². The molecule has 1 aromatic heterocycles. The van der Waals surface area contributed by atoms with Gasteiger partial charge < -0.3 is 10.0 Å². The van der Waals surface area contributed by atoms with Crippen LogP contribution in [-0.4, -0.2) is 25.9 Å². The third-order valence-corrected chi connectivity index (χ3v) is 3.35. The van der Waals surface area contributed by atoms with Crippen LogP contribution in [0.15, 0.2) is 42.5 Å². The van der Waals surface area contributed by atoms with Crippen LogP contribution >= 0.6 is 11.7 Å². The summed E-state index contributed by atoms with van der Waals surface area (Å²) in [4.78, 5) is 0. The van der Waals surface area contributed by atoms with E-state index < -0.39 is 7.12 Å². The van der Waals surface area contributed by atoms with Crippen LogP contribution in [0.5, 0.6) is 0 Å². The minimum absolute atomic E-state index is 0.410. The zero-order chi connectivity index (χ0) is 12.5. The molecule has 0 bridgehead atoms. The van der Waals surface area contributed by atoms with Crippen LogP contribution in [0.1, 0.15) is 0 Å². The Hall–Kier alpha value is -1.76. The minimum atomic E-state index is -1.56. The predicted molar refractivity (Wildman–Crippen MR) is 72.7 cm³/mol. The summed E-state index contributed by atoms with van der Waals surface area (Å²) < 4.78 is 8.24. The Morgan fingerprint density at radius 3 is 2.44 bits per heavy atom. The standard InChI is InChI=1S/C12H9BN2O2S/c16-13(17)11-9(8-4-2-1-3-5-8)6-7-10-12(11)15-18-14-10/h1-7,16-17H. The third-order valence-electron chi connectivity index (χ3n) is 2.81. The van der Waals surface area contributed by atoms with Gasteiger partial charge in [0.2, 0.25) is 0 Å². The third kappa shape index (κ3) is 1.80. The van der Waals surface area contributed by atoms with E-state index >= 15 is 0 Å². The van der Waals surface area contributed by atoms with Crippen LogP contribution in [0.2, 0.25) is 0 Å². The number of hydrogen-bond acceptors (Lipinski definition) is 5. The van der Waals surface area contributed by atoms with Crippen LogP contribution in [-0.2, 0) is 0 Å². The summed E-state index contributed by atoms with van der Waals surface area (Å²) in [5, 5.41) is 19.1. The van der Waals surface area contributed by atoms with Gasteiger partial charge in [-0.1, -0.05) is 36.4 Å². The van der Waals surface area contributed by atoms with Crippen molar-refractivity contribution < 1.29 is 10.0 Å². The van der Waals surface area contributed by atoms with Crippen LogP contribution in [0.25, 0.3) is 22.2 Å². The second kappa shape index (κ2) is 4.49. The molecule has 2 N–H and O–H groups in total. The van der Waals surface area contributed by atoms with Gasteiger partial charge in [0, 0.05) is 5.46 Å². The Morgan fingerprint density at radius 2 is 1.72 bits per heavy atom. The van der Waals surface area contributed by atoms with Gasteiger partial charge in [-0.3, -0.25) is 0 Å². The highest BCUT2D eigenvalue weighted by atomic mass is 32.1. The van der Waals surface area contributed by atoms with Crippen molar-refractivity contribution in [2.75, 3.05) is 0 Å². The highest BCUT2D eigenvalue weighted by Crippen LogP contribution is 2.21. The SMILES string of the molecule is OB(O)c1c(-c2ccccc2)ccc2nsnc12. The lowest BCUT2D eigenvalue weighted by Crippen LogP contribution is -2.32. The van der Waals surface area contributed by atoms with E-state index in [4.69, 9.17) is 0 Å². The van der Waals surface area contributed by atoms with Crippen LogP contribution < -0.4 is 5.46 Å². The largest absolute Gasteiger partial charge is 0.491 e. The molecule has 4 nitrogen and oxygen atoms in total. The van der Waals surface area contributed by atoms with E-state index in [0.717, 1.165) is 22.9 Å². The molecular weight excluding hydrogens is 247 g/mol. The smallest absolute Gasteiger partial charge is 0.423 e. The van der Waals surface area contributed by atoms with Crippen molar-refractivity contribution >= 4 is 35.3 Å². The van der Waals surface area contributed by atoms with Gasteiger partial charge in [0.05, 0.1) is 11.7 Å². The van der Waals surface area contributed by atoms with Gasteiger partial charge in [-0.15, -0.1) is 0 Å². The van der Waals surface area contributed by atoms with Gasteiger partial charge in [0.25, 0.3) is 0 Å². The molecule has 3 aromatic rings. The molecule has 0 amide bonds. The average Bonchev–Trinajstić information content (AvgIpc) is 2.86. The molecule has 3 rings (SSSR count). The van der Waals surface area contributed by atoms with Crippen molar-refractivity contribution in [3.63, 3.8) is 0 Å². The van der Waals surface area contributed by atoms with Gasteiger partial charge in [-0.25, -0.2) is 0 Å². The number of fused-ring (bicyclic) bond motifs is 1. The highest BCUT2D eigenvalue weighted by Gasteiger charge is 2.22. The Balaban J connectivity index is 2.32. The fourth-order valence-corrected chi connectivity index (χ4v) is 2.55. The maximum Gasteiger partial charge on any atom is 0.491 e. The molecule has 18 heavy (non-hydrogen) atoms. The first-order valence-electron chi connectivity index (χ1n) is 5.44. The monoisotopic (exact) mass is 256 g/mol. The van der Waals surface area contributed by atoms with Gasteiger partial charge in [0.1, 0.15) is 11.0 Å². The first kappa shape index (κ1) is 11.3. The molecule has 0 saturated carbocycles. The second-order valence-corrected chi connectivity index (χ2v) is 4.43. The molecule has 88 valence electrons. The molecule has 0 radical (unpaired) electrons. The predicted octanol–water partition coefficient (Wildman–Crippen LogP) is 1.04. The maximum atomic E-state index is 9.57. The van der Waals surface area contributed by atoms with Crippen molar-refractivity contribution in [2.45, 2.75) is 0 Å². The van der Waals surface area contributed by atoms with E-state index in [9.17, 15) is 10.0 Å². The molecule has 0 unspecified atom stereocenters. The van der Waals surface area contributed by atoms with Crippen molar-refractivity contribution in [1.29, 1.82) is 0 Å². The Labute approximate surface area is 108 Å². The molecular formula is C12H9BN2O2S. The summed E-state index contributed by atoms with van der Waals surface area (Å²) >= 11 is 1.07. The number of rotatable bonds is 2. The summed E-state index contributed by atoms with van der Waals surface area (Å²) in [6.45, 7) is 0. The second-order valence-electron chi connectivity index (χ2n) is 3.90. The summed E-state index contributed by atoms with van der Waals surface area (Å²) in [5.74, 6) is 0. The average molecular weight is 256 g/mol. The van der Waals surface area contributed by atoms with E-state index in [1.54, 1.807) is 0 Å². The van der Waals surface area contributed by atoms with Crippen LogP contribution in [0.4, 0.5) is 0 Å². The number of nitrogens with zero attached hydrogens (tertiary/aromatic N) is 2. The first-order valence-corrected chi connectivity index (χ1v) is 6.17. The maximum absolute atomic E-state index is 9.57. The summed E-state index contributed by atoms with van der Waals surface area (Å²) in [7, 11) is -1.56. The molecule has 0 aliphatic heterocycles.